The fourth-order valence-corrected chi connectivity index (χ4v) is 3.97. The highest BCUT2D eigenvalue weighted by Crippen LogP contribution is 2.30. The van der Waals surface area contributed by atoms with Crippen LogP contribution >= 0.6 is 12.2 Å². The van der Waals surface area contributed by atoms with Crippen LogP contribution in [0.4, 0.5) is 10.1 Å². The van der Waals surface area contributed by atoms with E-state index in [4.69, 9.17) is 21.7 Å². The highest BCUT2D eigenvalue weighted by molar-refractivity contribution is 7.80. The van der Waals surface area contributed by atoms with E-state index in [0.717, 1.165) is 48.0 Å². The number of anilines is 1. The zero-order chi connectivity index (χ0) is 21.6. The first-order chi connectivity index (χ1) is 15.1. The van der Waals surface area contributed by atoms with E-state index in [0.29, 0.717) is 18.1 Å². The van der Waals surface area contributed by atoms with Gasteiger partial charge in [0.2, 0.25) is 0 Å². The van der Waals surface area contributed by atoms with Gasteiger partial charge in [-0.05, 0) is 48.0 Å². The third-order valence-electron chi connectivity index (χ3n) is 5.41. The minimum absolute atomic E-state index is 0.214. The lowest BCUT2D eigenvalue weighted by atomic mass is 10.1. The molecule has 1 heterocycles. The van der Waals surface area contributed by atoms with Crippen molar-refractivity contribution in [2.24, 2.45) is 0 Å². The van der Waals surface area contributed by atoms with Gasteiger partial charge in [0, 0.05) is 37.4 Å². The van der Waals surface area contributed by atoms with Crippen molar-refractivity contribution in [2.45, 2.75) is 6.61 Å². The van der Waals surface area contributed by atoms with Gasteiger partial charge in [-0.1, -0.05) is 42.5 Å². The molecule has 4 nitrogen and oxygen atoms in total. The second-order valence-corrected chi connectivity index (χ2v) is 7.78. The molecule has 1 aliphatic heterocycles. The molecule has 0 unspecified atom stereocenters. The number of hydrogen-bond acceptors (Lipinski definition) is 4. The van der Waals surface area contributed by atoms with E-state index >= 15 is 0 Å². The zero-order valence-electron chi connectivity index (χ0n) is 17.5. The maximum Gasteiger partial charge on any atom is 0.161 e. The minimum atomic E-state index is -0.214. The van der Waals surface area contributed by atoms with Crippen molar-refractivity contribution in [2.75, 3.05) is 38.2 Å². The standard InChI is InChI=1S/C25H25FN2O2S/c1-29-24-17-20(7-12-23(24)30-18-19-5-3-2-4-6-19)25(31)28-15-13-27(14-16-28)22-10-8-21(26)9-11-22/h2-12,17H,13-16,18H2,1H3. The molecule has 0 bridgehead atoms. The summed E-state index contributed by atoms with van der Waals surface area (Å²) < 4.78 is 24.7. The fraction of sp³-hybridized carbons (Fsp3) is 0.240. The summed E-state index contributed by atoms with van der Waals surface area (Å²) in [5, 5.41) is 0. The van der Waals surface area contributed by atoms with Crippen molar-refractivity contribution in [3.63, 3.8) is 0 Å². The van der Waals surface area contributed by atoms with Crippen LogP contribution in [0, 0.1) is 5.82 Å². The molecule has 31 heavy (non-hydrogen) atoms. The predicted molar refractivity (Wildman–Crippen MR) is 126 cm³/mol. The average molecular weight is 437 g/mol. The molecule has 4 rings (SSSR count). The van der Waals surface area contributed by atoms with Gasteiger partial charge in [-0.3, -0.25) is 0 Å². The molecule has 1 saturated heterocycles. The average Bonchev–Trinajstić information content (AvgIpc) is 2.83. The second kappa shape index (κ2) is 9.79. The van der Waals surface area contributed by atoms with Crippen LogP contribution in [0.1, 0.15) is 11.1 Å². The monoisotopic (exact) mass is 436 g/mol. The van der Waals surface area contributed by atoms with Crippen LogP contribution in [-0.4, -0.2) is 43.2 Å². The topological polar surface area (TPSA) is 24.9 Å². The smallest absolute Gasteiger partial charge is 0.161 e. The Kier molecular flexibility index (Phi) is 6.67. The van der Waals surface area contributed by atoms with E-state index < -0.39 is 0 Å². The van der Waals surface area contributed by atoms with Gasteiger partial charge >= 0.3 is 0 Å². The zero-order valence-corrected chi connectivity index (χ0v) is 18.3. The maximum absolute atomic E-state index is 13.2. The van der Waals surface area contributed by atoms with E-state index in [1.165, 1.54) is 12.1 Å². The van der Waals surface area contributed by atoms with Crippen LogP contribution in [0.5, 0.6) is 11.5 Å². The Labute approximate surface area is 187 Å². The number of halogens is 1. The number of thiocarbonyl (C=S) groups is 1. The SMILES string of the molecule is COc1cc(C(=S)N2CCN(c3ccc(F)cc3)CC2)ccc1OCc1ccccc1. The van der Waals surface area contributed by atoms with Crippen molar-refractivity contribution < 1.29 is 13.9 Å². The summed E-state index contributed by atoms with van der Waals surface area (Å²) >= 11 is 5.77. The Balaban J connectivity index is 1.38. The molecule has 0 spiro atoms. The van der Waals surface area contributed by atoms with Crippen molar-refractivity contribution in [1.29, 1.82) is 0 Å². The fourth-order valence-electron chi connectivity index (χ4n) is 3.66. The lowest BCUT2D eigenvalue weighted by Gasteiger charge is -2.37. The molecule has 6 heteroatoms. The van der Waals surface area contributed by atoms with Gasteiger partial charge in [-0.15, -0.1) is 0 Å². The number of ether oxygens (including phenoxy) is 2. The van der Waals surface area contributed by atoms with Gasteiger partial charge in [0.1, 0.15) is 17.4 Å². The predicted octanol–water partition coefficient (Wildman–Crippen LogP) is 4.91. The van der Waals surface area contributed by atoms with Crippen LogP contribution < -0.4 is 14.4 Å². The van der Waals surface area contributed by atoms with Crippen LogP contribution in [0.25, 0.3) is 0 Å². The van der Waals surface area contributed by atoms with Gasteiger partial charge in [0.15, 0.2) is 11.5 Å². The Hall–Kier alpha value is -3.12. The molecular formula is C25H25FN2O2S. The summed E-state index contributed by atoms with van der Waals surface area (Å²) in [7, 11) is 1.64. The van der Waals surface area contributed by atoms with Gasteiger partial charge in [0.25, 0.3) is 0 Å². The third kappa shape index (κ3) is 5.14. The normalized spacial score (nSPS) is 13.7. The first-order valence-electron chi connectivity index (χ1n) is 10.3. The third-order valence-corrected chi connectivity index (χ3v) is 5.90. The molecule has 0 saturated carbocycles. The van der Waals surface area contributed by atoms with Crippen LogP contribution in [0.3, 0.4) is 0 Å². The van der Waals surface area contributed by atoms with Crippen LogP contribution in [0.2, 0.25) is 0 Å². The summed E-state index contributed by atoms with van der Waals surface area (Å²) in [5.74, 6) is 1.15. The van der Waals surface area contributed by atoms with Gasteiger partial charge < -0.3 is 19.3 Å². The number of benzene rings is 3. The number of hydrogen-bond donors (Lipinski definition) is 0. The summed E-state index contributed by atoms with van der Waals surface area (Å²) in [4.78, 5) is 5.25. The van der Waals surface area contributed by atoms with Crippen molar-refractivity contribution >= 4 is 22.9 Å². The van der Waals surface area contributed by atoms with E-state index in [9.17, 15) is 4.39 Å². The molecule has 3 aromatic carbocycles. The van der Waals surface area contributed by atoms with Crippen LogP contribution in [-0.2, 0) is 6.61 Å². The van der Waals surface area contributed by atoms with E-state index in [-0.39, 0.29) is 5.82 Å². The van der Waals surface area contributed by atoms with E-state index in [2.05, 4.69) is 9.80 Å². The van der Waals surface area contributed by atoms with E-state index in [1.807, 2.05) is 60.7 Å². The van der Waals surface area contributed by atoms with E-state index in [1.54, 1.807) is 7.11 Å². The molecule has 0 radical (unpaired) electrons. The molecule has 0 N–H and O–H groups in total. The number of nitrogens with zero attached hydrogens (tertiary/aromatic N) is 2. The molecule has 3 aromatic rings. The Morgan fingerprint density at radius 3 is 2.29 bits per heavy atom. The van der Waals surface area contributed by atoms with Gasteiger partial charge in [-0.25, -0.2) is 4.39 Å². The maximum atomic E-state index is 13.2. The van der Waals surface area contributed by atoms with Crippen molar-refractivity contribution in [1.82, 2.24) is 4.90 Å². The van der Waals surface area contributed by atoms with Crippen molar-refractivity contribution in [3.8, 4) is 11.5 Å². The quantitative estimate of drug-likeness (QED) is 0.511. The van der Waals surface area contributed by atoms with Gasteiger partial charge in [-0.2, -0.15) is 0 Å². The highest BCUT2D eigenvalue weighted by atomic mass is 32.1. The minimum Gasteiger partial charge on any atom is -0.493 e. The van der Waals surface area contributed by atoms with Crippen LogP contribution in [0.15, 0.2) is 72.8 Å². The molecule has 1 aliphatic rings. The molecular weight excluding hydrogens is 411 g/mol. The molecule has 160 valence electrons. The Morgan fingerprint density at radius 2 is 1.61 bits per heavy atom. The first-order valence-corrected chi connectivity index (χ1v) is 10.7. The molecule has 0 aromatic heterocycles. The summed E-state index contributed by atoms with van der Waals surface area (Å²) in [6.45, 7) is 3.77. The summed E-state index contributed by atoms with van der Waals surface area (Å²) in [6.07, 6.45) is 0. The second-order valence-electron chi connectivity index (χ2n) is 7.40. The summed E-state index contributed by atoms with van der Waals surface area (Å²) in [5.41, 5.74) is 3.07. The van der Waals surface area contributed by atoms with Gasteiger partial charge in [0.05, 0.1) is 7.11 Å². The molecule has 0 amide bonds. The van der Waals surface area contributed by atoms with Crippen molar-refractivity contribution in [3.05, 3.63) is 89.7 Å². The number of rotatable bonds is 6. The largest absolute Gasteiger partial charge is 0.493 e. The Morgan fingerprint density at radius 1 is 0.903 bits per heavy atom. The molecule has 0 atom stereocenters. The Bertz CT molecular complexity index is 1020. The summed E-state index contributed by atoms with van der Waals surface area (Å²) in [6, 6.07) is 22.5. The number of methoxy groups -OCH3 is 1. The number of piperazine rings is 1. The first kappa shape index (κ1) is 21.1. The lowest BCUT2D eigenvalue weighted by molar-refractivity contribution is 0.284. The molecule has 0 aliphatic carbocycles. The highest BCUT2D eigenvalue weighted by Gasteiger charge is 2.21. The lowest BCUT2D eigenvalue weighted by Crippen LogP contribution is -2.48. The molecule has 1 fully saturated rings.